The van der Waals surface area contributed by atoms with E-state index in [1.54, 1.807) is 6.07 Å². The summed E-state index contributed by atoms with van der Waals surface area (Å²) < 4.78 is 19.7. The van der Waals surface area contributed by atoms with Crippen molar-refractivity contribution in [2.75, 3.05) is 26.8 Å². The third kappa shape index (κ3) is 3.02. The second kappa shape index (κ2) is 7.28. The molecule has 150 valence electrons. The van der Waals surface area contributed by atoms with E-state index in [1.165, 1.54) is 25.3 Å². The number of rotatable bonds is 6. The van der Waals surface area contributed by atoms with Gasteiger partial charge in [0.15, 0.2) is 0 Å². The van der Waals surface area contributed by atoms with Gasteiger partial charge in [-0.25, -0.2) is 4.39 Å². The molecule has 2 saturated heterocycles. The molecule has 4 rings (SSSR count). The number of piperidine rings is 1. The summed E-state index contributed by atoms with van der Waals surface area (Å²) in [4.78, 5) is 42.0. The average Bonchev–Trinajstić information content (AvgIpc) is 3.36. The molecule has 1 saturated carbocycles. The van der Waals surface area contributed by atoms with Crippen LogP contribution in [0.5, 0.6) is 0 Å². The Morgan fingerprint density at radius 3 is 2.71 bits per heavy atom. The van der Waals surface area contributed by atoms with Crippen molar-refractivity contribution in [3.8, 4) is 0 Å². The largest absolute Gasteiger partial charge is 0.383 e. The fourth-order valence-electron chi connectivity index (χ4n) is 5.09. The average molecular weight is 388 g/mol. The lowest BCUT2D eigenvalue weighted by atomic mass is 9.75. The number of benzene rings is 1. The molecule has 3 fully saturated rings. The minimum Gasteiger partial charge on any atom is -0.383 e. The van der Waals surface area contributed by atoms with Crippen molar-refractivity contribution < 1.29 is 23.5 Å². The Morgan fingerprint density at radius 1 is 1.29 bits per heavy atom. The maximum atomic E-state index is 14.7. The van der Waals surface area contributed by atoms with Crippen LogP contribution in [0.3, 0.4) is 0 Å². The Morgan fingerprint density at radius 2 is 2.07 bits per heavy atom. The lowest BCUT2D eigenvalue weighted by molar-refractivity contribution is -0.143. The summed E-state index contributed by atoms with van der Waals surface area (Å²) in [5.74, 6) is -1.09. The first-order valence-corrected chi connectivity index (χ1v) is 9.84. The van der Waals surface area contributed by atoms with E-state index in [4.69, 9.17) is 4.74 Å². The normalized spacial score (nSPS) is 29.2. The molecule has 1 aromatic carbocycles. The van der Waals surface area contributed by atoms with Gasteiger partial charge < -0.3 is 9.64 Å². The molecule has 0 unspecified atom stereocenters. The predicted octanol–water partition coefficient (Wildman–Crippen LogP) is 1.87. The Kier molecular flexibility index (Phi) is 4.95. The predicted molar refractivity (Wildman–Crippen MR) is 98.8 cm³/mol. The zero-order valence-electron chi connectivity index (χ0n) is 16.0. The lowest BCUT2D eigenvalue weighted by Gasteiger charge is -2.32. The van der Waals surface area contributed by atoms with E-state index in [1.807, 2.05) is 4.90 Å². The van der Waals surface area contributed by atoms with E-state index in [9.17, 15) is 18.8 Å². The van der Waals surface area contributed by atoms with Gasteiger partial charge >= 0.3 is 0 Å². The van der Waals surface area contributed by atoms with Crippen LogP contribution < -0.4 is 0 Å². The minimum absolute atomic E-state index is 0.104. The van der Waals surface area contributed by atoms with Crippen LogP contribution in [0.1, 0.15) is 37.7 Å². The summed E-state index contributed by atoms with van der Waals surface area (Å²) in [5.41, 5.74) is -1.35. The number of nitrogens with zero attached hydrogens (tertiary/aromatic N) is 2. The molecule has 2 aliphatic heterocycles. The lowest BCUT2D eigenvalue weighted by Crippen LogP contribution is -2.46. The van der Waals surface area contributed by atoms with Gasteiger partial charge in [0.1, 0.15) is 5.82 Å². The molecule has 3 amide bonds. The first-order valence-electron chi connectivity index (χ1n) is 9.84. The third-order valence-corrected chi connectivity index (χ3v) is 6.50. The Bertz CT molecular complexity index is 813. The van der Waals surface area contributed by atoms with Crippen molar-refractivity contribution in [2.24, 2.45) is 5.92 Å². The van der Waals surface area contributed by atoms with E-state index in [0.717, 1.165) is 24.2 Å². The molecule has 3 atom stereocenters. The van der Waals surface area contributed by atoms with Crippen molar-refractivity contribution in [1.29, 1.82) is 0 Å². The summed E-state index contributed by atoms with van der Waals surface area (Å²) >= 11 is 0. The van der Waals surface area contributed by atoms with Gasteiger partial charge in [-0.15, -0.1) is 0 Å². The topological polar surface area (TPSA) is 66.9 Å². The zero-order valence-corrected chi connectivity index (χ0v) is 16.0. The Balaban J connectivity index is 1.67. The molecule has 1 aliphatic carbocycles. The molecule has 0 spiro atoms. The molecule has 2 heterocycles. The van der Waals surface area contributed by atoms with Crippen LogP contribution in [0.25, 0.3) is 0 Å². The monoisotopic (exact) mass is 388 g/mol. The van der Waals surface area contributed by atoms with E-state index in [2.05, 4.69) is 0 Å². The van der Waals surface area contributed by atoms with Crippen LogP contribution in [-0.2, 0) is 24.5 Å². The smallest absolute Gasteiger partial charge is 0.241 e. The summed E-state index contributed by atoms with van der Waals surface area (Å²) in [6.07, 6.45) is 2.76. The van der Waals surface area contributed by atoms with Gasteiger partial charge in [0.25, 0.3) is 0 Å². The maximum Gasteiger partial charge on any atom is 0.241 e. The number of ether oxygens (including phenoxy) is 1. The second-order valence-corrected chi connectivity index (χ2v) is 8.14. The van der Waals surface area contributed by atoms with Crippen molar-refractivity contribution in [2.45, 2.75) is 43.6 Å². The highest BCUT2D eigenvalue weighted by Crippen LogP contribution is 2.43. The molecule has 0 N–H and O–H groups in total. The molecule has 3 aliphatic rings. The quantitative estimate of drug-likeness (QED) is 0.698. The Labute approximate surface area is 163 Å². The van der Waals surface area contributed by atoms with E-state index < -0.39 is 17.1 Å². The van der Waals surface area contributed by atoms with Crippen molar-refractivity contribution in [3.05, 3.63) is 35.6 Å². The number of halogens is 1. The Hall–Kier alpha value is -2.28. The fourth-order valence-corrected chi connectivity index (χ4v) is 5.09. The van der Waals surface area contributed by atoms with Crippen molar-refractivity contribution in [1.82, 2.24) is 9.80 Å². The van der Waals surface area contributed by atoms with Gasteiger partial charge in [0, 0.05) is 38.1 Å². The number of carbonyl (C=O) groups excluding carboxylic acids is 3. The van der Waals surface area contributed by atoms with Gasteiger partial charge in [-0.05, 0) is 31.2 Å². The van der Waals surface area contributed by atoms with Gasteiger partial charge in [-0.1, -0.05) is 18.2 Å². The molecule has 6 nitrogen and oxygen atoms in total. The maximum absolute atomic E-state index is 14.7. The van der Waals surface area contributed by atoms with Gasteiger partial charge in [-0.2, -0.15) is 0 Å². The first kappa shape index (κ1) is 19.1. The minimum atomic E-state index is -1.48. The van der Waals surface area contributed by atoms with Gasteiger partial charge in [-0.3, -0.25) is 19.3 Å². The summed E-state index contributed by atoms with van der Waals surface area (Å²) in [6, 6.07) is 6.18. The first-order chi connectivity index (χ1) is 13.5. The van der Waals surface area contributed by atoms with Crippen molar-refractivity contribution in [3.63, 3.8) is 0 Å². The number of hydrogen-bond acceptors (Lipinski definition) is 4. The van der Waals surface area contributed by atoms with Gasteiger partial charge in [0.05, 0.1) is 18.6 Å². The van der Waals surface area contributed by atoms with Crippen LogP contribution in [0.15, 0.2) is 24.3 Å². The molecule has 0 aromatic heterocycles. The number of methoxy groups -OCH3 is 1. The molecule has 0 radical (unpaired) electrons. The molecule has 1 aromatic rings. The highest BCUT2D eigenvalue weighted by molar-refractivity contribution is 6.10. The van der Waals surface area contributed by atoms with Gasteiger partial charge in [0.2, 0.25) is 17.7 Å². The fraction of sp³-hybridized carbons (Fsp3) is 0.571. The van der Waals surface area contributed by atoms with E-state index in [0.29, 0.717) is 12.5 Å². The summed E-state index contributed by atoms with van der Waals surface area (Å²) in [5, 5.41) is 0. The second-order valence-electron chi connectivity index (χ2n) is 8.14. The SMILES string of the molecule is COCCN1C(=O)C[C@](CC(=O)N2C[C@H]3CC[C@H]2C3)(c2ccccc2F)C1=O. The molecule has 2 bridgehead atoms. The van der Waals surface area contributed by atoms with Crippen LogP contribution in [0, 0.1) is 11.7 Å². The molecule has 28 heavy (non-hydrogen) atoms. The summed E-state index contributed by atoms with van der Waals surface area (Å²) in [7, 11) is 1.49. The van der Waals surface area contributed by atoms with E-state index in [-0.39, 0.29) is 49.4 Å². The number of amides is 3. The highest BCUT2D eigenvalue weighted by Gasteiger charge is 2.55. The number of likely N-dealkylation sites (tertiary alicyclic amines) is 2. The van der Waals surface area contributed by atoms with Crippen LogP contribution in [0.4, 0.5) is 4.39 Å². The zero-order chi connectivity index (χ0) is 19.9. The number of carbonyl (C=O) groups is 3. The highest BCUT2D eigenvalue weighted by atomic mass is 19.1. The van der Waals surface area contributed by atoms with Crippen LogP contribution >= 0.6 is 0 Å². The number of imide groups is 1. The molecular weight excluding hydrogens is 363 g/mol. The number of fused-ring (bicyclic) bond motifs is 2. The van der Waals surface area contributed by atoms with Crippen molar-refractivity contribution >= 4 is 17.7 Å². The number of hydrogen-bond donors (Lipinski definition) is 0. The summed E-state index contributed by atoms with van der Waals surface area (Å²) in [6.45, 7) is 1.01. The van der Waals surface area contributed by atoms with Crippen LogP contribution in [-0.4, -0.2) is 60.4 Å². The van der Waals surface area contributed by atoms with Crippen LogP contribution in [0.2, 0.25) is 0 Å². The molecular formula is C21H25FN2O4. The van der Waals surface area contributed by atoms with E-state index >= 15 is 0 Å². The standard InChI is InChI=1S/C21H25FN2O4/c1-28-9-8-23-18(25)11-21(20(23)27,16-4-2-3-5-17(16)22)12-19(26)24-13-14-6-7-15(24)10-14/h2-5,14-15H,6-13H2,1H3/t14-,15-,21-/m0/s1. The third-order valence-electron chi connectivity index (χ3n) is 6.50. The molecule has 7 heteroatoms.